The van der Waals surface area contributed by atoms with E-state index in [1.165, 1.54) is 61.0 Å². The first-order valence-corrected chi connectivity index (χ1v) is 28.5. The molecule has 4 aliphatic rings. The molecule has 7 amide bonds. The van der Waals surface area contributed by atoms with Gasteiger partial charge in [-0.05, 0) is 137 Å². The molecule has 0 radical (unpaired) electrons. The van der Waals surface area contributed by atoms with Gasteiger partial charge >= 0.3 is 0 Å². The summed E-state index contributed by atoms with van der Waals surface area (Å²) in [4.78, 5) is 107. The molecule has 3 aromatic rings. The van der Waals surface area contributed by atoms with Crippen molar-refractivity contribution in [2.24, 2.45) is 11.5 Å². The number of piperazine rings is 1. The highest BCUT2D eigenvalue weighted by atomic mass is 16.5. The van der Waals surface area contributed by atoms with E-state index >= 15 is 0 Å². The van der Waals surface area contributed by atoms with Gasteiger partial charge in [0.2, 0.25) is 35.4 Å². The van der Waals surface area contributed by atoms with Crippen molar-refractivity contribution in [3.05, 3.63) is 83.9 Å². The van der Waals surface area contributed by atoms with Crippen molar-refractivity contribution in [2.45, 2.75) is 152 Å². The van der Waals surface area contributed by atoms with Crippen LogP contribution in [0.4, 0.5) is 11.4 Å². The summed E-state index contributed by atoms with van der Waals surface area (Å²) in [5.74, 6) is -3.59. The zero-order chi connectivity index (χ0) is 56.4. The second-order valence-corrected chi connectivity index (χ2v) is 21.4. The number of carbonyl (C=O) groups is 7. The number of aryl methyl sites for hydroxylation is 1. The first kappa shape index (κ1) is 59.7. The third-order valence-corrected chi connectivity index (χ3v) is 15.5. The fourth-order valence-electron chi connectivity index (χ4n) is 10.9. The molecule has 4 fully saturated rings. The van der Waals surface area contributed by atoms with Gasteiger partial charge in [-0.2, -0.15) is 0 Å². The van der Waals surface area contributed by atoms with Gasteiger partial charge in [0.25, 0.3) is 5.91 Å². The molecule has 0 bridgehead atoms. The maximum Gasteiger partial charge on any atom is 0.251 e. The zero-order valence-electron chi connectivity index (χ0n) is 45.9. The highest BCUT2D eigenvalue weighted by molar-refractivity contribution is 6.00. The Morgan fingerprint density at radius 1 is 0.709 bits per heavy atom. The van der Waals surface area contributed by atoms with Crippen LogP contribution < -0.4 is 52.6 Å². The minimum absolute atomic E-state index is 0.00178. The van der Waals surface area contributed by atoms with Crippen molar-refractivity contribution >= 4 is 52.7 Å². The van der Waals surface area contributed by atoms with Gasteiger partial charge in [-0.15, -0.1) is 0 Å². The number of nitrogens with zero attached hydrogens (tertiary/aromatic N) is 4. The molecule has 0 spiro atoms. The molecule has 21 nitrogen and oxygen atoms in total. The summed E-state index contributed by atoms with van der Waals surface area (Å²) in [6.07, 6.45) is 7.10. The van der Waals surface area contributed by atoms with Gasteiger partial charge < -0.3 is 72.6 Å². The fraction of sp³-hybridized carbons (Fsp3) is 0.569. The van der Waals surface area contributed by atoms with E-state index in [1.807, 2.05) is 24.3 Å². The number of aliphatic hydroxyl groups is 1. The number of anilines is 2. The van der Waals surface area contributed by atoms with E-state index in [0.29, 0.717) is 13.0 Å². The van der Waals surface area contributed by atoms with Crippen molar-refractivity contribution in [2.75, 3.05) is 68.8 Å². The van der Waals surface area contributed by atoms with E-state index in [9.17, 15) is 43.8 Å². The zero-order valence-corrected chi connectivity index (χ0v) is 45.9. The predicted molar refractivity (Wildman–Crippen MR) is 300 cm³/mol. The van der Waals surface area contributed by atoms with Crippen molar-refractivity contribution in [3.63, 3.8) is 0 Å². The molecule has 0 aromatic heterocycles. The molecule has 0 aliphatic carbocycles. The number of phenolic OH excluding ortho intramolecular Hbond substituents is 1. The van der Waals surface area contributed by atoms with Gasteiger partial charge in [0.1, 0.15) is 47.8 Å². The van der Waals surface area contributed by atoms with E-state index < -0.39 is 89.7 Å². The van der Waals surface area contributed by atoms with Crippen molar-refractivity contribution in [1.82, 2.24) is 36.4 Å². The number of carbonyl (C=O) groups excluding carboxylic acids is 7. The van der Waals surface area contributed by atoms with Crippen LogP contribution in [0.1, 0.15) is 113 Å². The maximum absolute atomic E-state index is 14.4. The highest BCUT2D eigenvalue weighted by Gasteiger charge is 2.43. The van der Waals surface area contributed by atoms with Crippen molar-refractivity contribution in [3.8, 4) is 11.5 Å². The number of unbranched alkanes of at least 4 members (excludes halogenated alkanes) is 5. The third-order valence-electron chi connectivity index (χ3n) is 15.5. The number of rotatable bonds is 18. The number of aromatic hydroxyl groups is 1. The van der Waals surface area contributed by atoms with E-state index in [2.05, 4.69) is 55.4 Å². The Morgan fingerprint density at radius 3 is 2.01 bits per heavy atom. The Labute approximate surface area is 463 Å². The Bertz CT molecular complexity index is 2510. The number of aliphatic hydroxyl groups excluding tert-OH is 1. The Kier molecular flexibility index (Phi) is 22.1. The average molecular weight is 1090 g/mol. The third kappa shape index (κ3) is 16.5. The first-order valence-electron chi connectivity index (χ1n) is 28.5. The maximum atomic E-state index is 14.4. The Hall–Kier alpha value is -6.97. The van der Waals surface area contributed by atoms with Crippen molar-refractivity contribution in [1.29, 1.82) is 0 Å². The Balaban J connectivity index is 1.04. The summed E-state index contributed by atoms with van der Waals surface area (Å²) in [5, 5.41) is 34.9. The monoisotopic (exact) mass is 1090 g/mol. The molecule has 79 heavy (non-hydrogen) atoms. The first-order chi connectivity index (χ1) is 38.1. The van der Waals surface area contributed by atoms with Crippen LogP contribution in [-0.2, 0) is 35.2 Å². The number of ether oxygens (including phenoxy) is 1. The molecule has 4 saturated heterocycles. The van der Waals surface area contributed by atoms with Crippen LogP contribution in [0.15, 0.2) is 72.8 Å². The molecule has 7 rings (SSSR count). The quantitative estimate of drug-likeness (QED) is 0.0826. The van der Waals surface area contributed by atoms with Crippen LogP contribution in [0.3, 0.4) is 0 Å². The average Bonchev–Trinajstić information content (AvgIpc) is 4.19. The standard InChI is InChI=1S/C58H83N11O10/c1-3-4-5-6-7-8-35-79-45-24-20-43(21-25-45)67-33-31-66(32-34-67)42-18-16-40(17-19-42)52(72)62-46-11-9-29-61-55(75)50-36-41(60)37-69(50)57(77)48(27-28-59)64-53(73)47(26-15-39-13-22-44(71)23-14-39)63-56(76)49-12-10-30-68(49)58(78)51(38(2)70)65-54(46)74/h13-14,16-25,38,41,46-51,70-71H,3-12,15,26-37,59-60H2,1-2H3,(H,61,75)(H,62,72)(H,63,76)(H,64,73)(H,65,74)/t38-,41?,46?,47?,48?,49?,50?,51?/m1/s1. The lowest BCUT2D eigenvalue weighted by Crippen LogP contribution is -2.61. The number of phenols is 1. The number of benzene rings is 3. The van der Waals surface area contributed by atoms with Crippen LogP contribution in [0.2, 0.25) is 0 Å². The van der Waals surface area contributed by atoms with E-state index in [0.717, 1.165) is 55.3 Å². The molecule has 3 aromatic carbocycles. The lowest BCUT2D eigenvalue weighted by molar-refractivity contribution is -0.144. The molecule has 0 saturated carbocycles. The molecule has 7 unspecified atom stereocenters. The molecule has 4 aliphatic heterocycles. The number of nitrogens with one attached hydrogen (secondary N) is 5. The molecule has 4 heterocycles. The van der Waals surface area contributed by atoms with Gasteiger partial charge in [0.15, 0.2) is 0 Å². The lowest BCUT2D eigenvalue weighted by Gasteiger charge is -2.37. The van der Waals surface area contributed by atoms with E-state index in [4.69, 9.17) is 16.2 Å². The lowest BCUT2D eigenvalue weighted by atomic mass is 10.0. The minimum atomic E-state index is -1.53. The fourth-order valence-corrected chi connectivity index (χ4v) is 10.9. The summed E-state index contributed by atoms with van der Waals surface area (Å²) in [6, 6.07) is 13.9. The molecular formula is C58H83N11O10. The summed E-state index contributed by atoms with van der Waals surface area (Å²) in [6.45, 7) is 7.54. The van der Waals surface area contributed by atoms with E-state index in [-0.39, 0.29) is 82.4 Å². The predicted octanol–water partition coefficient (Wildman–Crippen LogP) is 2.20. The molecule has 11 N–H and O–H groups in total. The molecular weight excluding hydrogens is 1010 g/mol. The number of fused-ring (bicyclic) bond motifs is 2. The SMILES string of the molecule is CCCCCCCCOc1ccc(N2CCN(c3ccc(C(=O)NC4CCCNC(=O)C5CC(N)CN5C(=O)C(CCN)NC(=O)C(CCc5ccc(O)cc5)NC(=O)C5CCCN5C(=O)C([C@@H](C)O)NC4=O)cc3)CC2)cc1. The summed E-state index contributed by atoms with van der Waals surface area (Å²) in [5.41, 5.74) is 15.4. The summed E-state index contributed by atoms with van der Waals surface area (Å²) < 4.78 is 5.99. The van der Waals surface area contributed by atoms with Gasteiger partial charge in [-0.25, -0.2) is 0 Å². The molecule has 8 atom stereocenters. The summed E-state index contributed by atoms with van der Waals surface area (Å²) >= 11 is 0. The van der Waals surface area contributed by atoms with Crippen LogP contribution in [0.25, 0.3) is 0 Å². The summed E-state index contributed by atoms with van der Waals surface area (Å²) in [7, 11) is 0. The smallest absolute Gasteiger partial charge is 0.251 e. The number of hydrogen-bond donors (Lipinski definition) is 9. The second-order valence-electron chi connectivity index (χ2n) is 21.4. The van der Waals surface area contributed by atoms with Crippen LogP contribution in [0.5, 0.6) is 11.5 Å². The van der Waals surface area contributed by atoms with Gasteiger partial charge in [-0.1, -0.05) is 51.2 Å². The topological polar surface area (TPSA) is 294 Å². The van der Waals surface area contributed by atoms with Gasteiger partial charge in [-0.3, -0.25) is 33.6 Å². The minimum Gasteiger partial charge on any atom is -0.508 e. The highest BCUT2D eigenvalue weighted by Crippen LogP contribution is 2.26. The second kappa shape index (κ2) is 29.3. The molecule has 21 heteroatoms. The number of hydrogen-bond acceptors (Lipinski definition) is 14. The van der Waals surface area contributed by atoms with Gasteiger partial charge in [0.05, 0.1) is 12.7 Å². The number of nitrogens with two attached hydrogens (primary N) is 2. The normalized spacial score (nSPS) is 24.3. The van der Waals surface area contributed by atoms with Crippen LogP contribution in [0, 0.1) is 0 Å². The number of amides is 7. The van der Waals surface area contributed by atoms with Crippen LogP contribution >= 0.6 is 0 Å². The van der Waals surface area contributed by atoms with E-state index in [1.54, 1.807) is 24.3 Å². The van der Waals surface area contributed by atoms with Crippen LogP contribution in [-0.4, -0.2) is 169 Å². The largest absolute Gasteiger partial charge is 0.508 e. The Morgan fingerprint density at radius 2 is 1.35 bits per heavy atom. The molecule has 430 valence electrons. The van der Waals surface area contributed by atoms with Gasteiger partial charge in [0, 0.05) is 68.8 Å². The van der Waals surface area contributed by atoms with Crippen molar-refractivity contribution < 1.29 is 48.5 Å².